The Labute approximate surface area is 213 Å². The highest BCUT2D eigenvalue weighted by Crippen LogP contribution is 2.34. The van der Waals surface area contributed by atoms with Crippen LogP contribution in [0.4, 0.5) is 4.79 Å². The van der Waals surface area contributed by atoms with E-state index < -0.39 is 6.09 Å². The topological polar surface area (TPSA) is 124 Å². The summed E-state index contributed by atoms with van der Waals surface area (Å²) in [6, 6.07) is 17.4. The summed E-state index contributed by atoms with van der Waals surface area (Å²) in [5, 5.41) is 19.4. The van der Waals surface area contributed by atoms with Crippen LogP contribution < -0.4 is 10.1 Å². The summed E-state index contributed by atoms with van der Waals surface area (Å²) < 4.78 is 5.53. The van der Waals surface area contributed by atoms with Crippen molar-refractivity contribution in [2.75, 3.05) is 46.4 Å². The lowest BCUT2D eigenvalue weighted by molar-refractivity contribution is 0.0639. The minimum Gasteiger partial charge on any atom is -0.496 e. The molecule has 1 aliphatic rings. The average Bonchev–Trinajstić information content (AvgIpc) is 3.36. The SMILES string of the molecule is COc1ccccc1-c1[nH]nc2ncc(-c3cccc(C(=O)N4CCN(CCNC(=O)O)CC4)c3)cc12. The van der Waals surface area contributed by atoms with E-state index in [9.17, 15) is 9.59 Å². The number of H-pyrrole nitrogens is 1. The summed E-state index contributed by atoms with van der Waals surface area (Å²) in [4.78, 5) is 32.4. The van der Waals surface area contributed by atoms with Gasteiger partial charge in [-0.2, -0.15) is 5.10 Å². The zero-order chi connectivity index (χ0) is 25.8. The number of aromatic amines is 1. The molecule has 1 fully saturated rings. The Balaban J connectivity index is 1.34. The largest absolute Gasteiger partial charge is 0.496 e. The highest BCUT2D eigenvalue weighted by atomic mass is 16.5. The molecule has 0 aliphatic carbocycles. The maximum Gasteiger partial charge on any atom is 0.404 e. The molecule has 1 saturated heterocycles. The molecule has 190 valence electrons. The highest BCUT2D eigenvalue weighted by Gasteiger charge is 2.22. The minimum absolute atomic E-state index is 0.0165. The molecular formula is C27H28N6O4. The molecule has 3 N–H and O–H groups in total. The van der Waals surface area contributed by atoms with E-state index >= 15 is 0 Å². The number of pyridine rings is 1. The second-order valence-electron chi connectivity index (χ2n) is 8.84. The fourth-order valence-electron chi connectivity index (χ4n) is 4.62. The van der Waals surface area contributed by atoms with Crippen molar-refractivity contribution < 1.29 is 19.4 Å². The number of nitrogens with zero attached hydrogens (tertiary/aromatic N) is 4. The van der Waals surface area contributed by atoms with Gasteiger partial charge in [0.25, 0.3) is 5.91 Å². The van der Waals surface area contributed by atoms with Gasteiger partial charge in [0, 0.05) is 67.5 Å². The Morgan fingerprint density at radius 2 is 1.86 bits per heavy atom. The normalized spacial score (nSPS) is 14.0. The second kappa shape index (κ2) is 10.7. The number of rotatable bonds is 7. The number of hydrogen-bond donors (Lipinski definition) is 3. The number of carbonyl (C=O) groups excluding carboxylic acids is 1. The van der Waals surface area contributed by atoms with Crippen molar-refractivity contribution in [2.45, 2.75) is 0 Å². The summed E-state index contributed by atoms with van der Waals surface area (Å²) in [5.74, 6) is 0.724. The van der Waals surface area contributed by atoms with Gasteiger partial charge >= 0.3 is 6.09 Å². The van der Waals surface area contributed by atoms with Gasteiger partial charge in [-0.3, -0.25) is 14.8 Å². The Kier molecular flexibility index (Phi) is 7.00. The number of carboxylic acid groups (broad SMARTS) is 1. The molecule has 1 aliphatic heterocycles. The van der Waals surface area contributed by atoms with Gasteiger partial charge in [0.1, 0.15) is 5.75 Å². The molecule has 0 unspecified atom stereocenters. The molecular weight excluding hydrogens is 472 g/mol. The fraction of sp³-hybridized carbons (Fsp3) is 0.259. The first-order chi connectivity index (χ1) is 18.0. The molecule has 10 nitrogen and oxygen atoms in total. The van der Waals surface area contributed by atoms with Crippen LogP contribution in [0.2, 0.25) is 0 Å². The standard InChI is InChI=1S/C27H28N6O4/c1-37-23-8-3-2-7-21(23)24-22-16-20(17-29-25(22)31-30-24)18-5-4-6-19(15-18)26(34)33-13-11-32(12-14-33)10-9-28-27(35)36/h2-8,15-17,28H,9-14H2,1H3,(H,35,36)(H,29,30,31). The van der Waals surface area contributed by atoms with E-state index in [1.54, 1.807) is 13.3 Å². The van der Waals surface area contributed by atoms with Crippen LogP contribution in [0.3, 0.4) is 0 Å². The molecule has 37 heavy (non-hydrogen) atoms. The first-order valence-corrected chi connectivity index (χ1v) is 12.1. The highest BCUT2D eigenvalue weighted by molar-refractivity contribution is 5.97. The van der Waals surface area contributed by atoms with E-state index in [0.717, 1.165) is 33.5 Å². The number of fused-ring (bicyclic) bond motifs is 1. The lowest BCUT2D eigenvalue weighted by Crippen LogP contribution is -2.50. The number of benzene rings is 2. The second-order valence-corrected chi connectivity index (χ2v) is 8.84. The number of nitrogens with one attached hydrogen (secondary N) is 2. The van der Waals surface area contributed by atoms with Crippen LogP contribution in [0.5, 0.6) is 5.75 Å². The third-order valence-corrected chi connectivity index (χ3v) is 6.59. The van der Waals surface area contributed by atoms with Crippen LogP contribution in [0, 0.1) is 0 Å². The quantitative estimate of drug-likeness (QED) is 0.356. The molecule has 5 rings (SSSR count). The molecule has 0 saturated carbocycles. The summed E-state index contributed by atoms with van der Waals surface area (Å²) in [7, 11) is 1.64. The lowest BCUT2D eigenvalue weighted by atomic mass is 10.0. The monoisotopic (exact) mass is 500 g/mol. The van der Waals surface area contributed by atoms with Gasteiger partial charge in [-0.25, -0.2) is 9.78 Å². The van der Waals surface area contributed by atoms with Gasteiger partial charge < -0.3 is 20.1 Å². The number of methoxy groups -OCH3 is 1. The molecule has 0 atom stereocenters. The number of aromatic nitrogens is 3. The molecule has 0 radical (unpaired) electrons. The number of para-hydroxylation sites is 1. The summed E-state index contributed by atoms with van der Waals surface area (Å²) in [6.45, 7) is 3.62. The van der Waals surface area contributed by atoms with E-state index in [2.05, 4.69) is 25.4 Å². The third kappa shape index (κ3) is 5.24. The molecule has 10 heteroatoms. The van der Waals surface area contributed by atoms with Crippen LogP contribution in [-0.2, 0) is 0 Å². The Morgan fingerprint density at radius 1 is 1.05 bits per heavy atom. The van der Waals surface area contributed by atoms with Crippen molar-refractivity contribution in [2.24, 2.45) is 0 Å². The first-order valence-electron chi connectivity index (χ1n) is 12.1. The van der Waals surface area contributed by atoms with E-state index in [1.807, 2.05) is 59.5 Å². The third-order valence-electron chi connectivity index (χ3n) is 6.59. The Bertz CT molecular complexity index is 1430. The number of amides is 2. The predicted octanol–water partition coefficient (Wildman–Crippen LogP) is 3.33. The van der Waals surface area contributed by atoms with E-state index in [0.29, 0.717) is 50.5 Å². The van der Waals surface area contributed by atoms with Crippen LogP contribution in [0.25, 0.3) is 33.4 Å². The van der Waals surface area contributed by atoms with Gasteiger partial charge in [0.15, 0.2) is 5.65 Å². The van der Waals surface area contributed by atoms with Crippen molar-refractivity contribution in [3.63, 3.8) is 0 Å². The molecule has 0 spiro atoms. The predicted molar refractivity (Wildman–Crippen MR) is 140 cm³/mol. The summed E-state index contributed by atoms with van der Waals surface area (Å²) in [5.41, 5.74) is 4.73. The van der Waals surface area contributed by atoms with E-state index in [-0.39, 0.29) is 5.91 Å². The van der Waals surface area contributed by atoms with Crippen molar-refractivity contribution in [1.82, 2.24) is 30.3 Å². The summed E-state index contributed by atoms with van der Waals surface area (Å²) >= 11 is 0. The number of carbonyl (C=O) groups is 2. The fourth-order valence-corrected chi connectivity index (χ4v) is 4.62. The lowest BCUT2D eigenvalue weighted by Gasteiger charge is -2.34. The minimum atomic E-state index is -1.02. The van der Waals surface area contributed by atoms with Crippen LogP contribution >= 0.6 is 0 Å². The Hall–Kier alpha value is -4.44. The van der Waals surface area contributed by atoms with Crippen molar-refractivity contribution >= 4 is 23.0 Å². The van der Waals surface area contributed by atoms with Crippen LogP contribution in [0.1, 0.15) is 10.4 Å². The van der Waals surface area contributed by atoms with Crippen molar-refractivity contribution in [3.8, 4) is 28.1 Å². The zero-order valence-electron chi connectivity index (χ0n) is 20.5. The van der Waals surface area contributed by atoms with Gasteiger partial charge in [-0.05, 0) is 35.9 Å². The van der Waals surface area contributed by atoms with E-state index in [4.69, 9.17) is 9.84 Å². The maximum atomic E-state index is 13.2. The van der Waals surface area contributed by atoms with Crippen molar-refractivity contribution in [3.05, 3.63) is 66.4 Å². The van der Waals surface area contributed by atoms with Gasteiger partial charge in [0.2, 0.25) is 0 Å². The van der Waals surface area contributed by atoms with Crippen LogP contribution in [-0.4, -0.2) is 88.5 Å². The van der Waals surface area contributed by atoms with Crippen LogP contribution in [0.15, 0.2) is 60.8 Å². The molecule has 2 aromatic carbocycles. The van der Waals surface area contributed by atoms with Gasteiger partial charge in [0.05, 0.1) is 12.8 Å². The number of ether oxygens (including phenoxy) is 1. The molecule has 2 amide bonds. The summed E-state index contributed by atoms with van der Waals surface area (Å²) in [6.07, 6.45) is 0.745. The van der Waals surface area contributed by atoms with Gasteiger partial charge in [-0.15, -0.1) is 0 Å². The number of hydrogen-bond acceptors (Lipinski definition) is 6. The molecule has 0 bridgehead atoms. The molecule has 2 aromatic heterocycles. The Morgan fingerprint density at radius 3 is 2.65 bits per heavy atom. The zero-order valence-corrected chi connectivity index (χ0v) is 20.5. The molecule has 3 heterocycles. The van der Waals surface area contributed by atoms with Gasteiger partial charge in [-0.1, -0.05) is 24.3 Å². The average molecular weight is 501 g/mol. The van der Waals surface area contributed by atoms with E-state index in [1.165, 1.54) is 0 Å². The number of piperazine rings is 1. The maximum absolute atomic E-state index is 13.2. The smallest absolute Gasteiger partial charge is 0.404 e. The van der Waals surface area contributed by atoms with Crippen molar-refractivity contribution in [1.29, 1.82) is 0 Å². The first kappa shape index (κ1) is 24.3. The molecule has 4 aromatic rings.